The third kappa shape index (κ3) is 9.10. The number of hydrogen-bond acceptors (Lipinski definition) is 4. The van der Waals surface area contributed by atoms with Crippen LogP contribution in [0.25, 0.3) is 0 Å². The molecule has 5 nitrogen and oxygen atoms in total. The molecule has 0 heterocycles. The molecule has 0 aromatic carbocycles. The van der Waals surface area contributed by atoms with Crippen LogP contribution in [0.2, 0.25) is 0 Å². The van der Waals surface area contributed by atoms with Crippen molar-refractivity contribution in [3.05, 3.63) is 11.3 Å². The van der Waals surface area contributed by atoms with Gasteiger partial charge in [0.25, 0.3) is 0 Å². The molecule has 5 heteroatoms. The molecule has 21 heavy (non-hydrogen) atoms. The van der Waals surface area contributed by atoms with E-state index in [0.717, 1.165) is 30.7 Å². The SMILES string of the molecule is C/N=C(OCCCCC(=O)NCC(C)C)\C(C)=C(/C)NC. The second kappa shape index (κ2) is 11.2. The third-order valence-electron chi connectivity index (χ3n) is 3.21. The van der Waals surface area contributed by atoms with Gasteiger partial charge < -0.3 is 15.4 Å². The molecule has 0 rings (SSSR count). The Morgan fingerprint density at radius 1 is 1.24 bits per heavy atom. The molecular weight excluding hydrogens is 266 g/mol. The molecule has 0 saturated heterocycles. The van der Waals surface area contributed by atoms with Gasteiger partial charge in [-0.2, -0.15) is 0 Å². The van der Waals surface area contributed by atoms with Crippen molar-refractivity contribution in [2.75, 3.05) is 27.2 Å². The molecule has 0 aliphatic rings. The van der Waals surface area contributed by atoms with Gasteiger partial charge in [-0.3, -0.25) is 9.79 Å². The molecule has 0 unspecified atom stereocenters. The van der Waals surface area contributed by atoms with Crippen molar-refractivity contribution in [1.29, 1.82) is 0 Å². The molecular formula is C16H31N3O2. The average molecular weight is 297 g/mol. The van der Waals surface area contributed by atoms with Gasteiger partial charge in [-0.05, 0) is 32.6 Å². The Bertz CT molecular complexity index is 374. The van der Waals surface area contributed by atoms with Crippen LogP contribution in [0.4, 0.5) is 0 Å². The standard InChI is InChI=1S/C16H31N3O2/c1-12(2)11-19-15(20)9-7-8-10-21-16(18-6)13(3)14(4)17-5/h12,17H,7-11H2,1-6H3,(H,19,20)/b14-13+,18-16+. The van der Waals surface area contributed by atoms with E-state index < -0.39 is 0 Å². The lowest BCUT2D eigenvalue weighted by molar-refractivity contribution is -0.121. The van der Waals surface area contributed by atoms with E-state index in [1.807, 2.05) is 20.9 Å². The van der Waals surface area contributed by atoms with E-state index in [1.165, 1.54) is 0 Å². The summed E-state index contributed by atoms with van der Waals surface area (Å²) in [6, 6.07) is 0. The molecule has 0 spiro atoms. The fourth-order valence-corrected chi connectivity index (χ4v) is 1.65. The highest BCUT2D eigenvalue weighted by atomic mass is 16.5. The van der Waals surface area contributed by atoms with Crippen molar-refractivity contribution < 1.29 is 9.53 Å². The van der Waals surface area contributed by atoms with Crippen molar-refractivity contribution in [2.45, 2.75) is 47.0 Å². The molecule has 0 aliphatic carbocycles. The van der Waals surface area contributed by atoms with Gasteiger partial charge >= 0.3 is 0 Å². The summed E-state index contributed by atoms with van der Waals surface area (Å²) in [5.74, 6) is 1.27. The number of nitrogens with one attached hydrogen (secondary N) is 2. The highest BCUT2D eigenvalue weighted by Crippen LogP contribution is 2.06. The molecule has 1 amide bonds. The van der Waals surface area contributed by atoms with Gasteiger partial charge in [-0.1, -0.05) is 13.8 Å². The van der Waals surface area contributed by atoms with Gasteiger partial charge in [0.15, 0.2) is 0 Å². The topological polar surface area (TPSA) is 62.7 Å². The lowest BCUT2D eigenvalue weighted by Crippen LogP contribution is -2.27. The van der Waals surface area contributed by atoms with E-state index in [1.54, 1.807) is 7.05 Å². The van der Waals surface area contributed by atoms with E-state index >= 15 is 0 Å². The number of aliphatic imine (C=N–C) groups is 1. The van der Waals surface area contributed by atoms with Crippen LogP contribution in [-0.2, 0) is 9.53 Å². The van der Waals surface area contributed by atoms with Crippen molar-refractivity contribution in [1.82, 2.24) is 10.6 Å². The molecule has 2 N–H and O–H groups in total. The Labute approximate surface area is 129 Å². The van der Waals surface area contributed by atoms with Crippen LogP contribution in [0.15, 0.2) is 16.3 Å². The number of hydrogen-bond donors (Lipinski definition) is 2. The van der Waals surface area contributed by atoms with Gasteiger partial charge in [0.05, 0.1) is 6.61 Å². The van der Waals surface area contributed by atoms with Gasteiger partial charge in [0.1, 0.15) is 0 Å². The summed E-state index contributed by atoms with van der Waals surface area (Å²) in [6.45, 7) is 9.47. The summed E-state index contributed by atoms with van der Waals surface area (Å²) in [5.41, 5.74) is 2.05. The summed E-state index contributed by atoms with van der Waals surface area (Å²) in [5, 5.41) is 6.00. The van der Waals surface area contributed by atoms with E-state index in [9.17, 15) is 4.79 Å². The first-order valence-electron chi connectivity index (χ1n) is 7.64. The normalized spacial score (nSPS) is 13.0. The molecule has 0 aliphatic heterocycles. The summed E-state index contributed by atoms with van der Waals surface area (Å²) < 4.78 is 5.68. The number of nitrogens with zero attached hydrogens (tertiary/aromatic N) is 1. The molecule has 0 radical (unpaired) electrons. The summed E-state index contributed by atoms with van der Waals surface area (Å²) in [4.78, 5) is 15.7. The van der Waals surface area contributed by atoms with Gasteiger partial charge in [0.2, 0.25) is 11.8 Å². The van der Waals surface area contributed by atoms with Crippen LogP contribution in [0.3, 0.4) is 0 Å². The lowest BCUT2D eigenvalue weighted by atomic mass is 10.2. The smallest absolute Gasteiger partial charge is 0.220 e. The number of carbonyl (C=O) groups is 1. The molecule has 0 aromatic rings. The van der Waals surface area contributed by atoms with E-state index in [2.05, 4.69) is 29.5 Å². The zero-order valence-electron chi connectivity index (χ0n) is 14.4. The van der Waals surface area contributed by atoms with Gasteiger partial charge in [0, 0.05) is 38.3 Å². The average Bonchev–Trinajstić information content (AvgIpc) is 2.47. The predicted octanol–water partition coefficient (Wildman–Crippen LogP) is 2.49. The second-order valence-electron chi connectivity index (χ2n) is 5.53. The summed E-state index contributed by atoms with van der Waals surface area (Å²) in [7, 11) is 3.60. The van der Waals surface area contributed by atoms with Crippen LogP contribution in [0.1, 0.15) is 47.0 Å². The van der Waals surface area contributed by atoms with Crippen LogP contribution >= 0.6 is 0 Å². The molecule has 122 valence electrons. The molecule has 0 fully saturated rings. The van der Waals surface area contributed by atoms with Crippen molar-refractivity contribution in [2.24, 2.45) is 10.9 Å². The van der Waals surface area contributed by atoms with Crippen LogP contribution < -0.4 is 10.6 Å². The number of ether oxygens (including phenoxy) is 1. The Morgan fingerprint density at radius 2 is 1.90 bits per heavy atom. The number of carbonyl (C=O) groups excluding carboxylic acids is 1. The van der Waals surface area contributed by atoms with Crippen LogP contribution in [0.5, 0.6) is 0 Å². The first kappa shape index (κ1) is 19.5. The fourth-order valence-electron chi connectivity index (χ4n) is 1.65. The Balaban J connectivity index is 3.92. The summed E-state index contributed by atoms with van der Waals surface area (Å²) in [6.07, 6.45) is 2.23. The quantitative estimate of drug-likeness (QED) is 0.390. The zero-order valence-corrected chi connectivity index (χ0v) is 14.4. The predicted molar refractivity (Wildman–Crippen MR) is 88.4 cm³/mol. The van der Waals surface area contributed by atoms with Crippen molar-refractivity contribution in [3.8, 4) is 0 Å². The number of amides is 1. The van der Waals surface area contributed by atoms with Crippen LogP contribution in [-0.4, -0.2) is 39.1 Å². The second-order valence-corrected chi connectivity index (χ2v) is 5.53. The van der Waals surface area contributed by atoms with Crippen molar-refractivity contribution >= 4 is 11.8 Å². The van der Waals surface area contributed by atoms with Gasteiger partial charge in [-0.25, -0.2) is 0 Å². The largest absolute Gasteiger partial charge is 0.478 e. The minimum Gasteiger partial charge on any atom is -0.478 e. The lowest BCUT2D eigenvalue weighted by Gasteiger charge is -2.12. The Kier molecular flexibility index (Phi) is 10.4. The minimum absolute atomic E-state index is 0.121. The molecule has 0 aromatic heterocycles. The van der Waals surface area contributed by atoms with Crippen LogP contribution in [0, 0.1) is 5.92 Å². The monoisotopic (exact) mass is 297 g/mol. The first-order valence-corrected chi connectivity index (χ1v) is 7.64. The highest BCUT2D eigenvalue weighted by Gasteiger charge is 2.06. The molecule has 0 atom stereocenters. The third-order valence-corrected chi connectivity index (χ3v) is 3.21. The Hall–Kier alpha value is -1.52. The number of allylic oxidation sites excluding steroid dienone is 1. The molecule has 0 saturated carbocycles. The highest BCUT2D eigenvalue weighted by molar-refractivity contribution is 5.93. The number of rotatable bonds is 9. The maximum absolute atomic E-state index is 11.5. The Morgan fingerprint density at radius 3 is 2.43 bits per heavy atom. The van der Waals surface area contributed by atoms with E-state index in [0.29, 0.717) is 24.8 Å². The number of unbranched alkanes of at least 4 members (excludes halogenated alkanes) is 1. The van der Waals surface area contributed by atoms with Crippen molar-refractivity contribution in [3.63, 3.8) is 0 Å². The first-order chi connectivity index (χ1) is 9.92. The molecule has 0 bridgehead atoms. The fraction of sp³-hybridized carbons (Fsp3) is 0.750. The summed E-state index contributed by atoms with van der Waals surface area (Å²) >= 11 is 0. The minimum atomic E-state index is 0.121. The zero-order chi connectivity index (χ0) is 16.3. The van der Waals surface area contributed by atoms with E-state index in [-0.39, 0.29) is 5.91 Å². The van der Waals surface area contributed by atoms with Gasteiger partial charge in [-0.15, -0.1) is 0 Å². The maximum Gasteiger partial charge on any atom is 0.220 e. The maximum atomic E-state index is 11.5. The van der Waals surface area contributed by atoms with E-state index in [4.69, 9.17) is 4.74 Å².